The number of benzene rings is 1. The molecule has 23 heavy (non-hydrogen) atoms. The first-order chi connectivity index (χ1) is 11.1. The minimum Gasteiger partial charge on any atom is -0.381 e. The maximum atomic E-state index is 12.2. The number of carbonyl (C=O) groups excluding carboxylic acids is 1. The molecule has 1 aliphatic rings. The predicted molar refractivity (Wildman–Crippen MR) is 88.5 cm³/mol. The largest absolute Gasteiger partial charge is 0.381 e. The molecule has 1 atom stereocenters. The number of ether oxygens (including phenoxy) is 1. The van der Waals surface area contributed by atoms with E-state index in [-0.39, 0.29) is 17.0 Å². The molecule has 1 aliphatic heterocycles. The lowest BCUT2D eigenvalue weighted by Crippen LogP contribution is -2.33. The van der Waals surface area contributed by atoms with Crippen LogP contribution in [0.3, 0.4) is 0 Å². The van der Waals surface area contributed by atoms with E-state index >= 15 is 0 Å². The molecule has 2 heterocycles. The van der Waals surface area contributed by atoms with E-state index in [1.807, 2.05) is 31.2 Å². The number of rotatable bonds is 4. The minimum atomic E-state index is -0.371. The first-order valence-electron chi connectivity index (χ1n) is 7.80. The molecule has 1 amide bonds. The van der Waals surface area contributed by atoms with Gasteiger partial charge in [-0.15, -0.1) is 0 Å². The first kappa shape index (κ1) is 15.5. The number of aromatic amines is 1. The maximum absolute atomic E-state index is 12.2. The van der Waals surface area contributed by atoms with Gasteiger partial charge in [0.2, 0.25) is 0 Å². The second-order valence-corrected chi connectivity index (χ2v) is 5.92. The van der Waals surface area contributed by atoms with Gasteiger partial charge >= 0.3 is 0 Å². The number of pyridine rings is 1. The zero-order chi connectivity index (χ0) is 16.2. The Hall–Kier alpha value is -2.40. The van der Waals surface area contributed by atoms with Crippen molar-refractivity contribution < 1.29 is 9.53 Å². The van der Waals surface area contributed by atoms with E-state index in [1.54, 1.807) is 12.1 Å². The van der Waals surface area contributed by atoms with Crippen molar-refractivity contribution in [1.82, 2.24) is 10.3 Å². The Kier molecular flexibility index (Phi) is 4.57. The molecule has 1 fully saturated rings. The lowest BCUT2D eigenvalue weighted by molar-refractivity contribution is 0.0943. The highest BCUT2D eigenvalue weighted by Crippen LogP contribution is 2.17. The molecule has 5 heteroatoms. The topological polar surface area (TPSA) is 71.2 Å². The monoisotopic (exact) mass is 312 g/mol. The van der Waals surface area contributed by atoms with Crippen LogP contribution < -0.4 is 10.9 Å². The van der Waals surface area contributed by atoms with Gasteiger partial charge < -0.3 is 15.0 Å². The number of hydrogen-bond donors (Lipinski definition) is 2. The first-order valence-corrected chi connectivity index (χ1v) is 7.80. The highest BCUT2D eigenvalue weighted by Gasteiger charge is 2.18. The van der Waals surface area contributed by atoms with Gasteiger partial charge in [-0.2, -0.15) is 0 Å². The molecule has 1 saturated heterocycles. The SMILES string of the molecule is Cc1cccc(-c2ccc(C(=O)NC[C@H]3CCOC3)c(=O)[nH]2)c1. The number of aryl methyl sites for hydroxylation is 1. The van der Waals surface area contributed by atoms with Crippen LogP contribution in [0.25, 0.3) is 11.3 Å². The molecule has 2 aromatic rings. The maximum Gasteiger partial charge on any atom is 0.261 e. The number of amides is 1. The lowest BCUT2D eigenvalue weighted by Gasteiger charge is -2.09. The Morgan fingerprint density at radius 3 is 2.91 bits per heavy atom. The summed E-state index contributed by atoms with van der Waals surface area (Å²) in [7, 11) is 0. The Balaban J connectivity index is 1.73. The second-order valence-electron chi connectivity index (χ2n) is 5.92. The van der Waals surface area contributed by atoms with Crippen LogP contribution in [0.15, 0.2) is 41.2 Å². The van der Waals surface area contributed by atoms with Crippen molar-refractivity contribution in [3.63, 3.8) is 0 Å². The van der Waals surface area contributed by atoms with Gasteiger partial charge in [0.1, 0.15) is 5.56 Å². The van der Waals surface area contributed by atoms with E-state index in [9.17, 15) is 9.59 Å². The van der Waals surface area contributed by atoms with Crippen LogP contribution in [0, 0.1) is 12.8 Å². The minimum absolute atomic E-state index is 0.139. The van der Waals surface area contributed by atoms with Crippen LogP contribution in [0.5, 0.6) is 0 Å². The average Bonchev–Trinajstić information content (AvgIpc) is 3.06. The standard InChI is InChI=1S/C18H20N2O3/c1-12-3-2-4-14(9-12)16-6-5-15(18(22)20-16)17(21)19-10-13-7-8-23-11-13/h2-6,9,13H,7-8,10-11H2,1H3,(H,19,21)(H,20,22)/t13-/m1/s1. The summed E-state index contributed by atoms with van der Waals surface area (Å²) in [5, 5.41) is 2.81. The molecule has 120 valence electrons. The van der Waals surface area contributed by atoms with Crippen molar-refractivity contribution in [2.24, 2.45) is 5.92 Å². The Bertz CT molecular complexity index is 761. The van der Waals surface area contributed by atoms with Gasteiger partial charge in [-0.25, -0.2) is 0 Å². The van der Waals surface area contributed by atoms with Gasteiger partial charge in [-0.3, -0.25) is 9.59 Å². The van der Waals surface area contributed by atoms with Crippen molar-refractivity contribution in [2.75, 3.05) is 19.8 Å². The van der Waals surface area contributed by atoms with Gasteiger partial charge in [-0.05, 0) is 37.1 Å². The van der Waals surface area contributed by atoms with Gasteiger partial charge in [0.05, 0.1) is 6.61 Å². The summed E-state index contributed by atoms with van der Waals surface area (Å²) in [5.41, 5.74) is 2.52. The van der Waals surface area contributed by atoms with E-state index in [2.05, 4.69) is 10.3 Å². The summed E-state index contributed by atoms with van der Waals surface area (Å²) in [6, 6.07) is 11.2. The fourth-order valence-corrected chi connectivity index (χ4v) is 2.71. The number of nitrogens with one attached hydrogen (secondary N) is 2. The number of hydrogen-bond acceptors (Lipinski definition) is 3. The van der Waals surface area contributed by atoms with Crippen LogP contribution in [-0.2, 0) is 4.74 Å². The van der Waals surface area contributed by atoms with E-state index in [1.165, 1.54) is 0 Å². The van der Waals surface area contributed by atoms with E-state index < -0.39 is 0 Å². The molecule has 1 aromatic heterocycles. The van der Waals surface area contributed by atoms with Gasteiger partial charge in [0.15, 0.2) is 0 Å². The highest BCUT2D eigenvalue weighted by molar-refractivity contribution is 5.94. The van der Waals surface area contributed by atoms with Crippen molar-refractivity contribution in [1.29, 1.82) is 0 Å². The fourth-order valence-electron chi connectivity index (χ4n) is 2.71. The third-order valence-electron chi connectivity index (χ3n) is 4.06. The Morgan fingerprint density at radius 2 is 2.22 bits per heavy atom. The average molecular weight is 312 g/mol. The molecule has 1 aromatic carbocycles. The molecular formula is C18H20N2O3. The molecule has 0 bridgehead atoms. The van der Waals surface area contributed by atoms with Crippen LogP contribution in [0.1, 0.15) is 22.3 Å². The van der Waals surface area contributed by atoms with E-state index in [0.29, 0.717) is 24.8 Å². The normalized spacial score (nSPS) is 17.2. The molecule has 0 spiro atoms. The fraction of sp³-hybridized carbons (Fsp3) is 0.333. The summed E-state index contributed by atoms with van der Waals surface area (Å²) in [4.78, 5) is 27.1. The van der Waals surface area contributed by atoms with Crippen molar-refractivity contribution in [3.05, 3.63) is 57.9 Å². The predicted octanol–water partition coefficient (Wildman–Crippen LogP) is 2.12. The summed E-state index contributed by atoms with van der Waals surface area (Å²) >= 11 is 0. The quantitative estimate of drug-likeness (QED) is 0.908. The summed E-state index contributed by atoms with van der Waals surface area (Å²) in [6.07, 6.45) is 0.947. The van der Waals surface area contributed by atoms with Crippen molar-refractivity contribution in [2.45, 2.75) is 13.3 Å². The van der Waals surface area contributed by atoms with Gasteiger partial charge in [0.25, 0.3) is 11.5 Å². The van der Waals surface area contributed by atoms with Crippen LogP contribution >= 0.6 is 0 Å². The molecule has 0 aliphatic carbocycles. The summed E-state index contributed by atoms with van der Waals surface area (Å²) < 4.78 is 5.27. The molecule has 0 unspecified atom stereocenters. The number of carbonyl (C=O) groups is 1. The smallest absolute Gasteiger partial charge is 0.261 e. The number of H-pyrrole nitrogens is 1. The Labute approximate surface area is 134 Å². The molecule has 0 saturated carbocycles. The van der Waals surface area contributed by atoms with Crippen LogP contribution in [0.4, 0.5) is 0 Å². The zero-order valence-electron chi connectivity index (χ0n) is 13.1. The molecule has 5 nitrogen and oxygen atoms in total. The molecule has 3 rings (SSSR count). The van der Waals surface area contributed by atoms with Gasteiger partial charge in [0, 0.05) is 24.8 Å². The number of aromatic nitrogens is 1. The third kappa shape index (κ3) is 3.68. The van der Waals surface area contributed by atoms with Crippen molar-refractivity contribution >= 4 is 5.91 Å². The zero-order valence-corrected chi connectivity index (χ0v) is 13.1. The second kappa shape index (κ2) is 6.79. The lowest BCUT2D eigenvalue weighted by atomic mass is 10.1. The van der Waals surface area contributed by atoms with Crippen LogP contribution in [0.2, 0.25) is 0 Å². The highest BCUT2D eigenvalue weighted by atomic mass is 16.5. The van der Waals surface area contributed by atoms with Crippen molar-refractivity contribution in [3.8, 4) is 11.3 Å². The molecule has 0 radical (unpaired) electrons. The molecular weight excluding hydrogens is 292 g/mol. The van der Waals surface area contributed by atoms with E-state index in [4.69, 9.17) is 4.74 Å². The van der Waals surface area contributed by atoms with Gasteiger partial charge in [-0.1, -0.05) is 23.8 Å². The van der Waals surface area contributed by atoms with Crippen LogP contribution in [-0.4, -0.2) is 30.6 Å². The molecule has 2 N–H and O–H groups in total. The Morgan fingerprint density at radius 1 is 1.35 bits per heavy atom. The van der Waals surface area contributed by atoms with E-state index in [0.717, 1.165) is 24.2 Å². The summed E-state index contributed by atoms with van der Waals surface area (Å²) in [6.45, 7) is 3.95. The third-order valence-corrected chi connectivity index (χ3v) is 4.06. The summed E-state index contributed by atoms with van der Waals surface area (Å²) in [5.74, 6) is -0.00135.